The second kappa shape index (κ2) is 8.92. The van der Waals surface area contributed by atoms with Gasteiger partial charge < -0.3 is 15.4 Å². The van der Waals surface area contributed by atoms with Crippen LogP contribution in [0.2, 0.25) is 0 Å². The maximum Gasteiger partial charge on any atom is 0.293 e. The first-order chi connectivity index (χ1) is 11.9. The van der Waals surface area contributed by atoms with Gasteiger partial charge in [0.1, 0.15) is 11.3 Å². The minimum absolute atomic E-state index is 0.0963. The number of nitrogens with two attached hydrogens (primary N) is 1. The van der Waals surface area contributed by atoms with Gasteiger partial charge in [-0.2, -0.15) is 0 Å². The average molecular weight is 388 g/mol. The van der Waals surface area contributed by atoms with Crippen LogP contribution in [0.25, 0.3) is 0 Å². The van der Waals surface area contributed by atoms with Gasteiger partial charge in [0.15, 0.2) is 0 Å². The highest BCUT2D eigenvalue weighted by molar-refractivity contribution is 7.89. The molecule has 11 heteroatoms. The van der Waals surface area contributed by atoms with Crippen LogP contribution >= 0.6 is 0 Å². The van der Waals surface area contributed by atoms with Crippen LogP contribution in [0.3, 0.4) is 0 Å². The summed E-state index contributed by atoms with van der Waals surface area (Å²) in [4.78, 5) is 19.7. The number of carbonyl (C=O) groups excluding carboxylic acids is 1. The summed E-state index contributed by atoms with van der Waals surface area (Å²) in [5, 5.41) is 22.1. The van der Waals surface area contributed by atoms with E-state index in [0.29, 0.717) is 18.7 Å². The fourth-order valence-electron chi connectivity index (χ4n) is 2.10. The van der Waals surface area contributed by atoms with E-state index in [0.717, 1.165) is 19.0 Å². The largest absolute Gasteiger partial charge is 0.462 e. The zero-order valence-corrected chi connectivity index (χ0v) is 15.7. The van der Waals surface area contributed by atoms with Crippen LogP contribution in [-0.4, -0.2) is 44.5 Å². The molecule has 2 rings (SSSR count). The average Bonchev–Trinajstić information content (AvgIpc) is 2.98. The molecule has 0 unspecified atom stereocenters. The SMILES string of the molecule is CC(C)(C)OC=O.NS(=O)(=O)c1ccc(N[C@H]2CCNC2)c([N+](=O)[O-])c1. The van der Waals surface area contributed by atoms with Crippen molar-refractivity contribution in [1.82, 2.24) is 5.32 Å². The second-order valence-electron chi connectivity index (χ2n) is 6.64. The fraction of sp³-hybridized carbons (Fsp3) is 0.533. The Kier molecular flexibility index (Phi) is 7.48. The third-order valence-electron chi connectivity index (χ3n) is 3.32. The first kappa shape index (κ1) is 21.8. The topological polar surface area (TPSA) is 154 Å². The summed E-state index contributed by atoms with van der Waals surface area (Å²) in [5.74, 6) is 0. The number of primary sulfonamides is 1. The van der Waals surface area contributed by atoms with Crippen LogP contribution in [0.1, 0.15) is 27.2 Å². The molecule has 0 bridgehead atoms. The normalized spacial score (nSPS) is 17.0. The van der Waals surface area contributed by atoms with Gasteiger partial charge in [-0.15, -0.1) is 0 Å². The van der Waals surface area contributed by atoms with Crippen LogP contribution in [0.5, 0.6) is 0 Å². The van der Waals surface area contributed by atoms with E-state index in [2.05, 4.69) is 15.4 Å². The molecule has 0 aromatic heterocycles. The molecular weight excluding hydrogens is 364 g/mol. The fourth-order valence-corrected chi connectivity index (χ4v) is 2.64. The van der Waals surface area contributed by atoms with Crippen LogP contribution in [0.4, 0.5) is 11.4 Å². The quantitative estimate of drug-likeness (QED) is 0.383. The Morgan fingerprint density at radius 2 is 2.08 bits per heavy atom. The Hall–Kier alpha value is -2.24. The zero-order chi connectivity index (χ0) is 20.0. The second-order valence-corrected chi connectivity index (χ2v) is 8.20. The molecule has 0 spiro atoms. The summed E-state index contributed by atoms with van der Waals surface area (Å²) < 4.78 is 26.9. The minimum Gasteiger partial charge on any atom is -0.462 e. The van der Waals surface area contributed by atoms with Crippen LogP contribution in [-0.2, 0) is 19.6 Å². The number of nitrogens with one attached hydrogen (secondary N) is 2. The molecule has 4 N–H and O–H groups in total. The number of rotatable bonds is 5. The molecule has 0 saturated carbocycles. The van der Waals surface area contributed by atoms with Crippen molar-refractivity contribution in [3.63, 3.8) is 0 Å². The van der Waals surface area contributed by atoms with E-state index >= 15 is 0 Å². The summed E-state index contributed by atoms with van der Waals surface area (Å²) >= 11 is 0. The van der Waals surface area contributed by atoms with Crippen LogP contribution < -0.4 is 15.8 Å². The highest BCUT2D eigenvalue weighted by Crippen LogP contribution is 2.28. The van der Waals surface area contributed by atoms with E-state index in [4.69, 9.17) is 5.14 Å². The molecule has 1 aliphatic rings. The van der Waals surface area contributed by atoms with Gasteiger partial charge in [-0.3, -0.25) is 14.9 Å². The van der Waals surface area contributed by atoms with E-state index in [1.54, 1.807) is 0 Å². The lowest BCUT2D eigenvalue weighted by atomic mass is 10.2. The van der Waals surface area contributed by atoms with Gasteiger partial charge in [0.2, 0.25) is 10.0 Å². The van der Waals surface area contributed by atoms with E-state index in [1.165, 1.54) is 12.1 Å². The molecule has 10 nitrogen and oxygen atoms in total. The number of ether oxygens (including phenoxy) is 1. The van der Waals surface area contributed by atoms with Crippen molar-refractivity contribution < 1.29 is 22.9 Å². The highest BCUT2D eigenvalue weighted by atomic mass is 32.2. The lowest BCUT2D eigenvalue weighted by Gasteiger charge is -2.14. The van der Waals surface area contributed by atoms with Crippen LogP contribution in [0, 0.1) is 10.1 Å². The molecule has 1 atom stereocenters. The molecule has 0 amide bonds. The van der Waals surface area contributed by atoms with Gasteiger partial charge >= 0.3 is 0 Å². The number of carbonyl (C=O) groups is 1. The summed E-state index contributed by atoms with van der Waals surface area (Å²) in [7, 11) is -3.95. The Labute approximate surface area is 152 Å². The standard InChI is InChI=1S/C10H14N4O4S.C5H10O2/c11-19(17,18)8-1-2-9(10(5-8)14(15)16)13-7-3-4-12-6-7;1-5(2,3)7-4-6/h1-2,5,7,12-13H,3-4,6H2,(H2,11,17,18);4H,1-3H3/t7-;/m0./s1. The molecule has 1 aromatic carbocycles. The van der Waals surface area contributed by atoms with Crippen molar-refractivity contribution in [2.45, 2.75) is 43.7 Å². The predicted octanol–water partition coefficient (Wildman–Crippen LogP) is 0.974. The van der Waals surface area contributed by atoms with Gasteiger partial charge in [0, 0.05) is 18.7 Å². The molecule has 1 heterocycles. The van der Waals surface area contributed by atoms with Gasteiger partial charge in [-0.05, 0) is 45.9 Å². The van der Waals surface area contributed by atoms with Gasteiger partial charge in [-0.1, -0.05) is 0 Å². The van der Waals surface area contributed by atoms with Crippen molar-refractivity contribution in [3.05, 3.63) is 28.3 Å². The summed E-state index contributed by atoms with van der Waals surface area (Å²) in [6.07, 6.45) is 0.855. The zero-order valence-electron chi connectivity index (χ0n) is 14.9. The number of nitro groups is 1. The van der Waals surface area contributed by atoms with Crippen molar-refractivity contribution in [2.24, 2.45) is 5.14 Å². The molecule has 1 aromatic rings. The first-order valence-corrected chi connectivity index (χ1v) is 9.38. The predicted molar refractivity (Wildman–Crippen MR) is 96.3 cm³/mol. The number of nitrogens with zero attached hydrogens (tertiary/aromatic N) is 1. The molecule has 1 aliphatic heterocycles. The lowest BCUT2D eigenvalue weighted by Crippen LogP contribution is -2.22. The molecular formula is C15H24N4O6S. The van der Waals surface area contributed by atoms with E-state index in [-0.39, 0.29) is 22.2 Å². The number of hydrogen-bond donors (Lipinski definition) is 3. The molecule has 146 valence electrons. The molecule has 0 aliphatic carbocycles. The van der Waals surface area contributed by atoms with Gasteiger partial charge in [0.25, 0.3) is 12.2 Å². The third kappa shape index (κ3) is 7.33. The van der Waals surface area contributed by atoms with Crippen molar-refractivity contribution >= 4 is 27.9 Å². The number of nitro benzene ring substituents is 1. The molecule has 26 heavy (non-hydrogen) atoms. The van der Waals surface area contributed by atoms with Gasteiger partial charge in [0.05, 0.1) is 9.82 Å². The van der Waals surface area contributed by atoms with Crippen molar-refractivity contribution in [3.8, 4) is 0 Å². The van der Waals surface area contributed by atoms with E-state index in [9.17, 15) is 23.3 Å². The first-order valence-electron chi connectivity index (χ1n) is 7.84. The number of anilines is 1. The molecule has 1 saturated heterocycles. The number of hydrogen-bond acceptors (Lipinski definition) is 8. The van der Waals surface area contributed by atoms with Crippen LogP contribution in [0.15, 0.2) is 23.1 Å². The maximum atomic E-state index is 11.2. The Morgan fingerprint density at radius 1 is 1.42 bits per heavy atom. The number of sulfonamides is 1. The van der Waals surface area contributed by atoms with E-state index < -0.39 is 14.9 Å². The minimum atomic E-state index is -3.95. The monoisotopic (exact) mass is 388 g/mol. The third-order valence-corrected chi connectivity index (χ3v) is 4.23. The Bertz CT molecular complexity index is 739. The van der Waals surface area contributed by atoms with Crippen molar-refractivity contribution in [1.29, 1.82) is 0 Å². The lowest BCUT2D eigenvalue weighted by molar-refractivity contribution is -0.384. The van der Waals surface area contributed by atoms with Gasteiger partial charge in [-0.25, -0.2) is 13.6 Å². The highest BCUT2D eigenvalue weighted by Gasteiger charge is 2.22. The van der Waals surface area contributed by atoms with Crippen molar-refractivity contribution in [2.75, 3.05) is 18.4 Å². The van der Waals surface area contributed by atoms with E-state index in [1.807, 2.05) is 20.8 Å². The Balaban J connectivity index is 0.000000412. The molecule has 1 fully saturated rings. The Morgan fingerprint density at radius 3 is 2.46 bits per heavy atom. The maximum absolute atomic E-state index is 11.2. The summed E-state index contributed by atoms with van der Waals surface area (Å²) in [5.41, 5.74) is -0.314. The summed E-state index contributed by atoms with van der Waals surface area (Å²) in [6, 6.07) is 3.70. The number of benzene rings is 1. The summed E-state index contributed by atoms with van der Waals surface area (Å²) in [6.45, 7) is 7.49. The smallest absolute Gasteiger partial charge is 0.293 e. The molecule has 0 radical (unpaired) electrons.